The summed E-state index contributed by atoms with van der Waals surface area (Å²) in [6.07, 6.45) is 3.71. The van der Waals surface area contributed by atoms with Crippen molar-refractivity contribution < 1.29 is 0 Å². The van der Waals surface area contributed by atoms with Crippen LogP contribution in [0.5, 0.6) is 0 Å². The zero-order chi connectivity index (χ0) is 13.4. The lowest BCUT2D eigenvalue weighted by Crippen LogP contribution is -2.28. The van der Waals surface area contributed by atoms with E-state index in [0.29, 0.717) is 0 Å². The van der Waals surface area contributed by atoms with Crippen molar-refractivity contribution in [2.24, 2.45) is 5.84 Å². The van der Waals surface area contributed by atoms with Crippen molar-refractivity contribution in [3.8, 4) is 0 Å². The van der Waals surface area contributed by atoms with E-state index in [2.05, 4.69) is 52.5 Å². The van der Waals surface area contributed by atoms with Gasteiger partial charge in [0.1, 0.15) is 0 Å². The van der Waals surface area contributed by atoms with Crippen molar-refractivity contribution in [2.75, 3.05) is 0 Å². The molecule has 0 fully saturated rings. The highest BCUT2D eigenvalue weighted by atomic mass is 79.9. The van der Waals surface area contributed by atoms with E-state index in [1.807, 2.05) is 0 Å². The van der Waals surface area contributed by atoms with Crippen molar-refractivity contribution in [1.82, 2.24) is 5.43 Å². The molecule has 1 aliphatic rings. The highest BCUT2D eigenvalue weighted by Crippen LogP contribution is 2.35. The highest BCUT2D eigenvalue weighted by Gasteiger charge is 2.19. The Morgan fingerprint density at radius 2 is 2.05 bits per heavy atom. The molecule has 19 heavy (non-hydrogen) atoms. The number of halogens is 1. The molecule has 1 aliphatic carbocycles. The van der Waals surface area contributed by atoms with Gasteiger partial charge < -0.3 is 0 Å². The number of thiophene rings is 1. The minimum absolute atomic E-state index is 0.0842. The molecule has 1 atom stereocenters. The van der Waals surface area contributed by atoms with Gasteiger partial charge in [-0.15, -0.1) is 11.3 Å². The lowest BCUT2D eigenvalue weighted by atomic mass is 10.0. The van der Waals surface area contributed by atoms with Crippen LogP contribution in [0, 0.1) is 6.92 Å². The van der Waals surface area contributed by atoms with Crippen LogP contribution in [0.3, 0.4) is 0 Å². The van der Waals surface area contributed by atoms with Gasteiger partial charge in [0.2, 0.25) is 0 Å². The van der Waals surface area contributed by atoms with Crippen molar-refractivity contribution >= 4 is 27.3 Å². The summed E-state index contributed by atoms with van der Waals surface area (Å²) in [6.45, 7) is 2.11. The molecule has 0 saturated carbocycles. The van der Waals surface area contributed by atoms with Crippen LogP contribution in [0.2, 0.25) is 0 Å². The van der Waals surface area contributed by atoms with Gasteiger partial charge in [0.15, 0.2) is 0 Å². The Bertz CT molecular complexity index is 587. The summed E-state index contributed by atoms with van der Waals surface area (Å²) in [7, 11) is 0. The monoisotopic (exact) mass is 336 g/mol. The van der Waals surface area contributed by atoms with Gasteiger partial charge in [-0.1, -0.05) is 18.2 Å². The third kappa shape index (κ3) is 2.50. The maximum Gasteiger partial charge on any atom is 0.0803 e. The van der Waals surface area contributed by atoms with Crippen molar-refractivity contribution in [1.29, 1.82) is 0 Å². The predicted octanol–water partition coefficient (Wildman–Crippen LogP) is 3.86. The lowest BCUT2D eigenvalue weighted by molar-refractivity contribution is 0.645. The van der Waals surface area contributed by atoms with Gasteiger partial charge in [-0.3, -0.25) is 5.84 Å². The molecule has 0 radical (unpaired) electrons. The second-order valence-corrected chi connectivity index (χ2v) is 7.49. The van der Waals surface area contributed by atoms with Crippen molar-refractivity contribution in [3.63, 3.8) is 0 Å². The van der Waals surface area contributed by atoms with Crippen LogP contribution in [0.25, 0.3) is 0 Å². The van der Waals surface area contributed by atoms with Gasteiger partial charge in [-0.2, -0.15) is 0 Å². The first-order valence-corrected chi connectivity index (χ1v) is 8.13. The Labute approximate surface area is 126 Å². The average molecular weight is 337 g/mol. The van der Waals surface area contributed by atoms with E-state index in [-0.39, 0.29) is 6.04 Å². The van der Waals surface area contributed by atoms with Crippen LogP contribution < -0.4 is 11.3 Å². The first kappa shape index (κ1) is 13.3. The number of hydrogen-bond donors (Lipinski definition) is 2. The standard InChI is InChI=1S/C15H17BrN2S/c1-9-7-13(19-15(9)16)14(18-17)12-6-5-10-3-2-4-11(10)8-12/h5-8,14,18H,2-4,17H2,1H3. The summed E-state index contributed by atoms with van der Waals surface area (Å²) >= 11 is 5.34. The molecule has 0 aliphatic heterocycles. The van der Waals surface area contributed by atoms with Gasteiger partial charge in [0.25, 0.3) is 0 Å². The third-order valence-corrected chi connectivity index (χ3v) is 5.98. The number of hydrazine groups is 1. The minimum Gasteiger partial charge on any atom is -0.271 e. The normalized spacial score (nSPS) is 15.5. The fraction of sp³-hybridized carbons (Fsp3) is 0.333. The fourth-order valence-electron chi connectivity index (χ4n) is 2.74. The molecule has 0 amide bonds. The summed E-state index contributed by atoms with van der Waals surface area (Å²) in [5.41, 5.74) is 8.48. The molecule has 1 aromatic heterocycles. The van der Waals surface area contributed by atoms with E-state index in [0.717, 1.165) is 0 Å². The van der Waals surface area contributed by atoms with E-state index >= 15 is 0 Å². The van der Waals surface area contributed by atoms with Crippen molar-refractivity contribution in [2.45, 2.75) is 32.2 Å². The van der Waals surface area contributed by atoms with Gasteiger partial charge >= 0.3 is 0 Å². The number of fused-ring (bicyclic) bond motifs is 1. The molecule has 4 heteroatoms. The number of rotatable bonds is 3. The lowest BCUT2D eigenvalue weighted by Gasteiger charge is -2.16. The second kappa shape index (κ2) is 5.37. The molecule has 2 aromatic rings. The molecule has 1 aromatic carbocycles. The van der Waals surface area contributed by atoms with Crippen LogP contribution in [0.1, 0.15) is 39.6 Å². The molecule has 3 rings (SSSR count). The zero-order valence-corrected chi connectivity index (χ0v) is 13.3. The quantitative estimate of drug-likeness (QED) is 0.659. The topological polar surface area (TPSA) is 38.0 Å². The molecule has 1 unspecified atom stereocenters. The first-order chi connectivity index (χ1) is 9.19. The van der Waals surface area contributed by atoms with E-state index in [1.165, 1.54) is 50.2 Å². The van der Waals surface area contributed by atoms with E-state index in [1.54, 1.807) is 11.3 Å². The van der Waals surface area contributed by atoms with Gasteiger partial charge in [-0.05, 0) is 70.4 Å². The summed E-state index contributed by atoms with van der Waals surface area (Å²) in [4.78, 5) is 1.25. The molecule has 3 N–H and O–H groups in total. The minimum atomic E-state index is 0.0842. The van der Waals surface area contributed by atoms with Gasteiger partial charge in [0, 0.05) is 4.88 Å². The Morgan fingerprint density at radius 3 is 2.74 bits per heavy atom. The number of nitrogens with one attached hydrogen (secondary N) is 1. The predicted molar refractivity (Wildman–Crippen MR) is 84.4 cm³/mol. The number of benzene rings is 1. The molecule has 2 nitrogen and oxygen atoms in total. The third-order valence-electron chi connectivity index (χ3n) is 3.78. The zero-order valence-electron chi connectivity index (χ0n) is 10.9. The fourth-order valence-corrected chi connectivity index (χ4v) is 4.40. The maximum absolute atomic E-state index is 5.78. The molecular formula is C15H17BrN2S. The molecule has 100 valence electrons. The Hall–Kier alpha value is -0.680. The van der Waals surface area contributed by atoms with Crippen LogP contribution in [-0.4, -0.2) is 0 Å². The van der Waals surface area contributed by atoms with Crippen LogP contribution in [0.15, 0.2) is 28.1 Å². The molecular weight excluding hydrogens is 320 g/mol. The SMILES string of the molecule is Cc1cc(C(NN)c2ccc3c(c2)CCC3)sc1Br. The molecule has 0 spiro atoms. The summed E-state index contributed by atoms with van der Waals surface area (Å²) in [6, 6.07) is 9.07. The molecule has 1 heterocycles. The van der Waals surface area contributed by atoms with Crippen LogP contribution >= 0.6 is 27.3 Å². The number of aryl methyl sites for hydroxylation is 3. The Kier molecular flexibility index (Phi) is 3.76. The number of nitrogens with two attached hydrogens (primary N) is 1. The summed E-state index contributed by atoms with van der Waals surface area (Å²) in [5, 5.41) is 0. The Balaban J connectivity index is 1.98. The average Bonchev–Trinajstić information content (AvgIpc) is 2.98. The first-order valence-electron chi connectivity index (χ1n) is 6.52. The Morgan fingerprint density at radius 1 is 1.26 bits per heavy atom. The highest BCUT2D eigenvalue weighted by molar-refractivity contribution is 9.11. The number of hydrogen-bond acceptors (Lipinski definition) is 3. The van der Waals surface area contributed by atoms with Crippen molar-refractivity contribution in [3.05, 3.63) is 55.2 Å². The van der Waals surface area contributed by atoms with Gasteiger partial charge in [-0.25, -0.2) is 5.43 Å². The largest absolute Gasteiger partial charge is 0.271 e. The van der Waals surface area contributed by atoms with E-state index in [4.69, 9.17) is 5.84 Å². The summed E-state index contributed by atoms with van der Waals surface area (Å²) < 4.78 is 1.18. The van der Waals surface area contributed by atoms with E-state index < -0.39 is 0 Å². The second-order valence-electron chi connectivity index (χ2n) is 5.09. The van der Waals surface area contributed by atoms with E-state index in [9.17, 15) is 0 Å². The van der Waals surface area contributed by atoms with Crippen LogP contribution in [0.4, 0.5) is 0 Å². The maximum atomic E-state index is 5.78. The molecule has 0 saturated heterocycles. The summed E-state index contributed by atoms with van der Waals surface area (Å²) in [5.74, 6) is 5.78. The van der Waals surface area contributed by atoms with Gasteiger partial charge in [0.05, 0.1) is 9.83 Å². The van der Waals surface area contributed by atoms with Crippen LogP contribution in [-0.2, 0) is 12.8 Å². The smallest absolute Gasteiger partial charge is 0.0803 e. The molecule has 0 bridgehead atoms.